The number of aliphatic carboxylic acids is 1. The Morgan fingerprint density at radius 1 is 1.15 bits per heavy atom. The number of carboxylic acids is 1. The molecule has 0 saturated carbocycles. The minimum absolute atomic E-state index is 0.238. The number of carbonyl (C=O) groups is 2. The Kier molecular flexibility index (Phi) is 6.99. The highest BCUT2D eigenvalue weighted by Gasteiger charge is 2.21. The van der Waals surface area contributed by atoms with Gasteiger partial charge in [-0.3, -0.25) is 9.59 Å². The second kappa shape index (κ2) is 9.43. The van der Waals surface area contributed by atoms with Gasteiger partial charge >= 0.3 is 5.97 Å². The molecule has 0 aliphatic rings. The number of carboxylic acid groups (broad SMARTS) is 1. The number of methoxy groups -OCH3 is 1. The molecular formula is C19H22N2O5. The van der Waals surface area contributed by atoms with Gasteiger partial charge in [0, 0.05) is 12.8 Å². The molecule has 138 valence electrons. The number of amides is 1. The SMILES string of the molecule is COCCOc1ccc(N)cc1C(=O)N[C@@H](CC(=O)O)c1ccccc1. The lowest BCUT2D eigenvalue weighted by atomic mass is 10.0. The Balaban J connectivity index is 2.23. The number of hydrogen-bond acceptors (Lipinski definition) is 5. The molecule has 0 saturated heterocycles. The number of benzene rings is 2. The van der Waals surface area contributed by atoms with Crippen LogP contribution in [0.5, 0.6) is 5.75 Å². The second-order valence-electron chi connectivity index (χ2n) is 5.63. The molecule has 0 radical (unpaired) electrons. The van der Waals surface area contributed by atoms with E-state index in [1.165, 1.54) is 6.07 Å². The number of rotatable bonds is 9. The molecule has 1 atom stereocenters. The maximum Gasteiger partial charge on any atom is 0.305 e. The number of carbonyl (C=O) groups excluding carboxylic acids is 1. The smallest absolute Gasteiger partial charge is 0.305 e. The third kappa shape index (κ3) is 5.49. The van der Waals surface area contributed by atoms with Crippen LogP contribution in [0.4, 0.5) is 5.69 Å². The third-order valence-corrected chi connectivity index (χ3v) is 3.68. The first-order valence-electron chi connectivity index (χ1n) is 8.10. The molecule has 2 aromatic rings. The second-order valence-corrected chi connectivity index (χ2v) is 5.63. The van der Waals surface area contributed by atoms with E-state index in [0.29, 0.717) is 23.6 Å². The van der Waals surface area contributed by atoms with E-state index in [1.54, 1.807) is 43.5 Å². The Bertz CT molecular complexity index is 749. The van der Waals surface area contributed by atoms with Gasteiger partial charge in [-0.1, -0.05) is 30.3 Å². The minimum Gasteiger partial charge on any atom is -0.490 e. The fourth-order valence-electron chi connectivity index (χ4n) is 2.43. The molecule has 0 unspecified atom stereocenters. The molecule has 0 aliphatic carbocycles. The van der Waals surface area contributed by atoms with Crippen LogP contribution in [0.1, 0.15) is 28.4 Å². The van der Waals surface area contributed by atoms with E-state index in [2.05, 4.69) is 5.32 Å². The van der Waals surface area contributed by atoms with Gasteiger partial charge in [-0.05, 0) is 23.8 Å². The molecule has 0 bridgehead atoms. The molecular weight excluding hydrogens is 336 g/mol. The van der Waals surface area contributed by atoms with Gasteiger partial charge in [0.1, 0.15) is 12.4 Å². The van der Waals surface area contributed by atoms with Gasteiger partial charge in [-0.2, -0.15) is 0 Å². The van der Waals surface area contributed by atoms with Crippen LogP contribution in [0.3, 0.4) is 0 Å². The van der Waals surface area contributed by atoms with E-state index >= 15 is 0 Å². The highest BCUT2D eigenvalue weighted by Crippen LogP contribution is 2.24. The van der Waals surface area contributed by atoms with Gasteiger partial charge in [-0.15, -0.1) is 0 Å². The Labute approximate surface area is 151 Å². The fourth-order valence-corrected chi connectivity index (χ4v) is 2.43. The summed E-state index contributed by atoms with van der Waals surface area (Å²) >= 11 is 0. The molecule has 4 N–H and O–H groups in total. The van der Waals surface area contributed by atoms with Gasteiger partial charge in [-0.25, -0.2) is 0 Å². The summed E-state index contributed by atoms with van der Waals surface area (Å²) in [5, 5.41) is 11.9. The summed E-state index contributed by atoms with van der Waals surface area (Å²) in [7, 11) is 1.55. The lowest BCUT2D eigenvalue weighted by Gasteiger charge is -2.19. The van der Waals surface area contributed by atoms with Crippen molar-refractivity contribution in [1.82, 2.24) is 5.32 Å². The van der Waals surface area contributed by atoms with Crippen LogP contribution in [-0.2, 0) is 9.53 Å². The van der Waals surface area contributed by atoms with Gasteiger partial charge in [0.2, 0.25) is 0 Å². The van der Waals surface area contributed by atoms with Crippen LogP contribution >= 0.6 is 0 Å². The van der Waals surface area contributed by atoms with E-state index in [4.69, 9.17) is 20.3 Å². The van der Waals surface area contributed by atoms with Crippen LogP contribution in [-0.4, -0.2) is 37.3 Å². The number of anilines is 1. The molecule has 0 spiro atoms. The topological polar surface area (TPSA) is 111 Å². The lowest BCUT2D eigenvalue weighted by Crippen LogP contribution is -2.30. The van der Waals surface area contributed by atoms with E-state index in [1.807, 2.05) is 6.07 Å². The Hall–Kier alpha value is -3.06. The van der Waals surface area contributed by atoms with E-state index in [-0.39, 0.29) is 18.6 Å². The van der Waals surface area contributed by atoms with Crippen LogP contribution in [0, 0.1) is 0 Å². The van der Waals surface area contributed by atoms with Gasteiger partial charge in [0.15, 0.2) is 0 Å². The van der Waals surface area contributed by atoms with Crippen molar-refractivity contribution in [2.24, 2.45) is 0 Å². The first-order valence-corrected chi connectivity index (χ1v) is 8.10. The number of ether oxygens (including phenoxy) is 2. The summed E-state index contributed by atoms with van der Waals surface area (Å²) in [4.78, 5) is 23.9. The molecule has 2 aromatic carbocycles. The summed E-state index contributed by atoms with van der Waals surface area (Å²) < 4.78 is 10.5. The average molecular weight is 358 g/mol. The molecule has 7 nitrogen and oxygen atoms in total. The first-order chi connectivity index (χ1) is 12.5. The molecule has 0 heterocycles. The standard InChI is InChI=1S/C19H22N2O5/c1-25-9-10-26-17-8-7-14(20)11-15(17)19(24)21-16(12-18(22)23)13-5-3-2-4-6-13/h2-8,11,16H,9-10,12,20H2,1H3,(H,21,24)(H,22,23)/t16-/m0/s1. The van der Waals surface area contributed by atoms with Gasteiger partial charge in [0.25, 0.3) is 5.91 Å². The molecule has 7 heteroatoms. The van der Waals surface area contributed by atoms with Gasteiger partial charge in [0.05, 0.1) is 24.6 Å². The maximum absolute atomic E-state index is 12.7. The summed E-state index contributed by atoms with van der Waals surface area (Å²) in [5.41, 5.74) is 7.14. The van der Waals surface area contributed by atoms with Crippen molar-refractivity contribution in [3.05, 3.63) is 59.7 Å². The summed E-state index contributed by atoms with van der Waals surface area (Å²) in [6, 6.07) is 13.0. The first kappa shape index (κ1) is 19.3. The van der Waals surface area contributed by atoms with Crippen molar-refractivity contribution in [2.75, 3.05) is 26.1 Å². The maximum atomic E-state index is 12.7. The molecule has 1 amide bonds. The summed E-state index contributed by atoms with van der Waals surface area (Å²) in [5.74, 6) is -1.11. The minimum atomic E-state index is -1.01. The molecule has 26 heavy (non-hydrogen) atoms. The third-order valence-electron chi connectivity index (χ3n) is 3.68. The molecule has 0 aliphatic heterocycles. The Morgan fingerprint density at radius 3 is 2.54 bits per heavy atom. The van der Waals surface area contributed by atoms with Crippen LogP contribution in [0.25, 0.3) is 0 Å². The number of nitrogens with two attached hydrogens (primary N) is 1. The predicted octanol–water partition coefficient (Wildman–Crippen LogP) is 2.24. The number of nitrogen functional groups attached to an aromatic ring is 1. The molecule has 2 rings (SSSR count). The fraction of sp³-hybridized carbons (Fsp3) is 0.263. The van der Waals surface area contributed by atoms with Crippen molar-refractivity contribution in [3.63, 3.8) is 0 Å². The summed E-state index contributed by atoms with van der Waals surface area (Å²) in [6.45, 7) is 0.648. The zero-order valence-electron chi connectivity index (χ0n) is 14.5. The van der Waals surface area contributed by atoms with Crippen molar-refractivity contribution >= 4 is 17.6 Å². The van der Waals surface area contributed by atoms with Crippen LogP contribution in [0.15, 0.2) is 48.5 Å². The van der Waals surface area contributed by atoms with Crippen molar-refractivity contribution in [1.29, 1.82) is 0 Å². The van der Waals surface area contributed by atoms with Crippen molar-refractivity contribution in [2.45, 2.75) is 12.5 Å². The average Bonchev–Trinajstić information content (AvgIpc) is 2.63. The van der Waals surface area contributed by atoms with Gasteiger partial charge < -0.3 is 25.6 Å². The molecule has 0 fully saturated rings. The largest absolute Gasteiger partial charge is 0.490 e. The van der Waals surface area contributed by atoms with Crippen molar-refractivity contribution in [3.8, 4) is 5.75 Å². The highest BCUT2D eigenvalue weighted by molar-refractivity contribution is 5.98. The summed E-state index contributed by atoms with van der Waals surface area (Å²) in [6.07, 6.45) is -0.238. The van der Waals surface area contributed by atoms with E-state index in [9.17, 15) is 9.59 Å². The van der Waals surface area contributed by atoms with Crippen molar-refractivity contribution < 1.29 is 24.2 Å². The quantitative estimate of drug-likeness (QED) is 0.468. The molecule has 0 aromatic heterocycles. The zero-order valence-corrected chi connectivity index (χ0v) is 14.5. The monoisotopic (exact) mass is 358 g/mol. The van der Waals surface area contributed by atoms with E-state index < -0.39 is 17.9 Å². The van der Waals surface area contributed by atoms with Crippen LogP contribution < -0.4 is 15.8 Å². The highest BCUT2D eigenvalue weighted by atomic mass is 16.5. The van der Waals surface area contributed by atoms with E-state index in [0.717, 1.165) is 0 Å². The lowest BCUT2D eigenvalue weighted by molar-refractivity contribution is -0.137. The number of hydrogen-bond donors (Lipinski definition) is 3. The Morgan fingerprint density at radius 2 is 1.88 bits per heavy atom. The normalized spacial score (nSPS) is 11.6. The number of nitrogens with one attached hydrogen (secondary N) is 1. The zero-order chi connectivity index (χ0) is 18.9. The van der Waals surface area contributed by atoms with Crippen LogP contribution in [0.2, 0.25) is 0 Å². The predicted molar refractivity (Wildman–Crippen MR) is 97.1 cm³/mol.